The molecule has 0 amide bonds. The minimum absolute atomic E-state index is 0. The number of carboxylic acid groups (broad SMARTS) is 1. The van der Waals surface area contributed by atoms with E-state index in [4.69, 9.17) is 14.9 Å². The van der Waals surface area contributed by atoms with Gasteiger partial charge in [-0.3, -0.25) is 4.79 Å². The van der Waals surface area contributed by atoms with Crippen LogP contribution in [-0.4, -0.2) is 45.9 Å². The van der Waals surface area contributed by atoms with Crippen LogP contribution in [-0.2, 0) is 9.53 Å². The molecule has 0 saturated carbocycles. The fourth-order valence-electron chi connectivity index (χ4n) is 2.41. The molecule has 0 radical (unpaired) electrons. The molecular weight excluding hydrogens is 211 g/mol. The van der Waals surface area contributed by atoms with Gasteiger partial charge < -0.3 is 25.9 Å². The number of aliphatic hydroxyl groups excluding tert-OH is 1. The summed E-state index contributed by atoms with van der Waals surface area (Å²) in [5, 5.41) is 18.2. The van der Waals surface area contributed by atoms with Crippen LogP contribution in [0, 0.1) is 5.41 Å². The predicted octanol–water partition coefficient (Wildman–Crippen LogP) is -3.61. The third-order valence-electron chi connectivity index (χ3n) is 3.19. The summed E-state index contributed by atoms with van der Waals surface area (Å²) in [6.45, 7) is -0.265. The number of hydrogen-bond acceptors (Lipinski definition) is 4. The van der Waals surface area contributed by atoms with Crippen LogP contribution in [0.15, 0.2) is 0 Å². The first-order chi connectivity index (χ1) is 6.16. The van der Waals surface area contributed by atoms with Crippen molar-refractivity contribution in [2.45, 2.75) is 37.9 Å². The molecule has 0 aromatic heterocycles. The van der Waals surface area contributed by atoms with Crippen LogP contribution in [0.2, 0.25) is 0 Å². The monoisotopic (exact) mass is 228 g/mol. The van der Waals surface area contributed by atoms with Crippen molar-refractivity contribution < 1.29 is 49.6 Å². The van der Waals surface area contributed by atoms with E-state index in [9.17, 15) is 4.79 Å². The third-order valence-corrected chi connectivity index (χ3v) is 3.19. The van der Waals surface area contributed by atoms with E-state index in [0.29, 0.717) is 12.8 Å². The minimum Gasteiger partial charge on any atom is -0.870 e. The number of fused-ring (bicyclic) bond motifs is 2. The normalized spacial score (nSPS) is 35.3. The van der Waals surface area contributed by atoms with Crippen molar-refractivity contribution in [3.8, 4) is 0 Å². The van der Waals surface area contributed by atoms with Crippen LogP contribution in [0.5, 0.6) is 0 Å². The number of ether oxygens (including phenoxy) is 1. The Hall–Kier alpha value is -0.0926. The van der Waals surface area contributed by atoms with Gasteiger partial charge in [0.1, 0.15) is 0 Å². The Morgan fingerprint density at radius 2 is 1.75 bits per heavy atom. The molecule has 16 heavy (non-hydrogen) atoms. The van der Waals surface area contributed by atoms with Crippen molar-refractivity contribution in [2.24, 2.45) is 5.41 Å². The standard InChI is InChI=1S/C9H14O4.Li.2H2O/c10-5-9(8(11)12)3-6-1-2-7(4-9)13-6;;;/h6-7,10H,1-5H2,(H,11,12);;2*1H2/q;+1;;/p-1/t6-,7+,9?;;;. The van der Waals surface area contributed by atoms with Crippen LogP contribution < -0.4 is 18.9 Å². The Labute approximate surface area is 106 Å². The van der Waals surface area contributed by atoms with E-state index in [1.807, 2.05) is 0 Å². The van der Waals surface area contributed by atoms with E-state index in [1.165, 1.54) is 0 Å². The zero-order chi connectivity index (χ0) is 9.47. The first kappa shape index (κ1) is 18.3. The van der Waals surface area contributed by atoms with Gasteiger partial charge in [0, 0.05) is 0 Å². The van der Waals surface area contributed by atoms with Crippen LogP contribution in [0.25, 0.3) is 0 Å². The molecule has 0 aliphatic carbocycles. The molecule has 2 bridgehead atoms. The summed E-state index contributed by atoms with van der Waals surface area (Å²) in [4.78, 5) is 11.0. The van der Waals surface area contributed by atoms with Crippen molar-refractivity contribution in [1.29, 1.82) is 0 Å². The molecule has 90 valence electrons. The summed E-state index contributed by atoms with van der Waals surface area (Å²) in [7, 11) is 0. The third kappa shape index (κ3) is 2.97. The maximum Gasteiger partial charge on any atom is 1.00 e. The fourth-order valence-corrected chi connectivity index (χ4v) is 2.41. The second-order valence-corrected chi connectivity index (χ2v) is 4.11. The van der Waals surface area contributed by atoms with Crippen molar-refractivity contribution >= 4 is 5.97 Å². The van der Waals surface area contributed by atoms with Crippen molar-refractivity contribution in [2.75, 3.05) is 6.61 Å². The molecule has 0 aromatic carbocycles. The van der Waals surface area contributed by atoms with Gasteiger partial charge >= 0.3 is 24.8 Å². The van der Waals surface area contributed by atoms with E-state index >= 15 is 0 Å². The van der Waals surface area contributed by atoms with Gasteiger partial charge in [-0.15, -0.1) is 0 Å². The van der Waals surface area contributed by atoms with E-state index in [0.717, 1.165) is 12.8 Å². The average Bonchev–Trinajstić information content (AvgIpc) is 2.45. The molecular formula is C9H17LiO6. The summed E-state index contributed by atoms with van der Waals surface area (Å²) in [5.41, 5.74) is -0.927. The Kier molecular flexibility index (Phi) is 7.54. The van der Waals surface area contributed by atoms with Crippen molar-refractivity contribution in [3.63, 3.8) is 0 Å². The van der Waals surface area contributed by atoms with Gasteiger partial charge in [-0.05, 0) is 25.7 Å². The molecule has 3 atom stereocenters. The predicted molar refractivity (Wildman–Crippen MR) is 49.8 cm³/mol. The molecule has 2 saturated heterocycles. The second-order valence-electron chi connectivity index (χ2n) is 4.11. The van der Waals surface area contributed by atoms with Gasteiger partial charge in [-0.2, -0.15) is 0 Å². The molecule has 7 heteroatoms. The van der Waals surface area contributed by atoms with Gasteiger partial charge in [-0.25, -0.2) is 0 Å². The SMILES string of the molecule is O.O=C(O)C1(CO)C[C@H]2CC[C@@H](C1)O2.[Li+].[OH-]. The molecule has 1 unspecified atom stereocenters. The summed E-state index contributed by atoms with van der Waals surface area (Å²) in [6, 6.07) is 0. The molecule has 2 aliphatic heterocycles. The number of aliphatic hydroxyl groups is 1. The van der Waals surface area contributed by atoms with Crippen LogP contribution in [0.3, 0.4) is 0 Å². The Morgan fingerprint density at radius 3 is 2.06 bits per heavy atom. The van der Waals surface area contributed by atoms with E-state index in [1.54, 1.807) is 0 Å². The first-order valence-corrected chi connectivity index (χ1v) is 4.66. The number of rotatable bonds is 2. The topological polar surface area (TPSA) is 128 Å². The van der Waals surface area contributed by atoms with Crippen molar-refractivity contribution in [3.05, 3.63) is 0 Å². The summed E-state index contributed by atoms with van der Waals surface area (Å²) >= 11 is 0. The molecule has 2 heterocycles. The van der Waals surface area contributed by atoms with Crippen LogP contribution >= 0.6 is 0 Å². The number of aliphatic carboxylic acids is 1. The molecule has 2 rings (SSSR count). The molecule has 0 aromatic rings. The summed E-state index contributed by atoms with van der Waals surface area (Å²) in [6.07, 6.45) is 2.94. The molecule has 2 fully saturated rings. The first-order valence-electron chi connectivity index (χ1n) is 4.66. The second kappa shape index (κ2) is 6.60. The number of carbonyl (C=O) groups is 1. The number of hydrogen-bond donors (Lipinski definition) is 2. The summed E-state index contributed by atoms with van der Waals surface area (Å²) < 4.78 is 5.53. The Morgan fingerprint density at radius 1 is 1.31 bits per heavy atom. The van der Waals surface area contributed by atoms with Gasteiger partial charge in [-0.1, -0.05) is 0 Å². The van der Waals surface area contributed by atoms with Gasteiger partial charge in [0.15, 0.2) is 0 Å². The van der Waals surface area contributed by atoms with Crippen LogP contribution in [0.4, 0.5) is 0 Å². The molecule has 6 nitrogen and oxygen atoms in total. The van der Waals surface area contributed by atoms with E-state index < -0.39 is 11.4 Å². The molecule has 5 N–H and O–H groups in total. The Balaban J connectivity index is 0. The van der Waals surface area contributed by atoms with E-state index in [2.05, 4.69) is 0 Å². The maximum absolute atomic E-state index is 11.0. The smallest absolute Gasteiger partial charge is 0.870 e. The summed E-state index contributed by atoms with van der Waals surface area (Å²) in [5.74, 6) is -0.879. The number of carboxylic acids is 1. The van der Waals surface area contributed by atoms with Crippen molar-refractivity contribution in [1.82, 2.24) is 0 Å². The zero-order valence-corrected chi connectivity index (χ0v) is 9.35. The maximum atomic E-state index is 11.0. The Bertz CT molecular complexity index is 222. The van der Waals surface area contributed by atoms with Crippen LogP contribution in [0.1, 0.15) is 25.7 Å². The van der Waals surface area contributed by atoms with E-state index in [-0.39, 0.29) is 48.6 Å². The quantitative estimate of drug-likeness (QED) is 0.472. The van der Waals surface area contributed by atoms with Gasteiger partial charge in [0.25, 0.3) is 0 Å². The van der Waals surface area contributed by atoms with Gasteiger partial charge in [0.05, 0.1) is 24.2 Å². The molecule has 2 aliphatic rings. The van der Waals surface area contributed by atoms with Gasteiger partial charge in [0.2, 0.25) is 0 Å². The average molecular weight is 228 g/mol. The molecule has 0 spiro atoms. The zero-order valence-electron chi connectivity index (χ0n) is 9.35. The minimum atomic E-state index is -0.927. The largest absolute Gasteiger partial charge is 1.00 e. The fraction of sp³-hybridized carbons (Fsp3) is 0.889.